The Kier molecular flexibility index (Phi) is 6.25. The molecule has 0 saturated carbocycles. The van der Waals surface area contributed by atoms with Crippen LogP contribution in [0.25, 0.3) is 0 Å². The van der Waals surface area contributed by atoms with E-state index >= 15 is 0 Å². The molecular formula is C19H27ClN2O3S. The van der Waals surface area contributed by atoms with Gasteiger partial charge < -0.3 is 4.90 Å². The number of piperidine rings is 2. The zero-order chi connectivity index (χ0) is 18.7. The maximum atomic E-state index is 12.7. The van der Waals surface area contributed by atoms with Crippen molar-refractivity contribution in [2.75, 3.05) is 26.2 Å². The number of halogens is 1. The van der Waals surface area contributed by atoms with Crippen LogP contribution in [-0.2, 0) is 20.6 Å². The van der Waals surface area contributed by atoms with E-state index in [-0.39, 0.29) is 17.6 Å². The van der Waals surface area contributed by atoms with Gasteiger partial charge in [0.1, 0.15) is 0 Å². The third-order valence-corrected chi connectivity index (χ3v) is 7.66. The summed E-state index contributed by atoms with van der Waals surface area (Å²) in [6.45, 7) is 4.77. The van der Waals surface area contributed by atoms with Gasteiger partial charge in [0, 0.05) is 37.1 Å². The molecule has 0 aliphatic carbocycles. The number of rotatable bonds is 4. The van der Waals surface area contributed by atoms with E-state index in [1.807, 2.05) is 4.90 Å². The van der Waals surface area contributed by atoms with Gasteiger partial charge in [-0.15, -0.1) is 0 Å². The number of benzene rings is 1. The van der Waals surface area contributed by atoms with E-state index in [0.717, 1.165) is 31.5 Å². The fraction of sp³-hybridized carbons (Fsp3) is 0.632. The highest BCUT2D eigenvalue weighted by molar-refractivity contribution is 7.88. The number of carbonyl (C=O) groups excluding carboxylic acids is 1. The summed E-state index contributed by atoms with van der Waals surface area (Å²) in [5.41, 5.74) is 0.732. The van der Waals surface area contributed by atoms with Gasteiger partial charge in [-0.2, -0.15) is 0 Å². The molecule has 2 saturated heterocycles. The van der Waals surface area contributed by atoms with Gasteiger partial charge in [0.2, 0.25) is 15.9 Å². The summed E-state index contributed by atoms with van der Waals surface area (Å²) in [7, 11) is -3.37. The molecule has 3 rings (SSSR count). The Hall–Kier alpha value is -1.11. The number of nitrogens with zero attached hydrogens (tertiary/aromatic N) is 2. The largest absolute Gasteiger partial charge is 0.342 e. The van der Waals surface area contributed by atoms with Gasteiger partial charge in [0.25, 0.3) is 0 Å². The lowest BCUT2D eigenvalue weighted by atomic mass is 9.93. The lowest BCUT2D eigenvalue weighted by molar-refractivity contribution is -0.138. The van der Waals surface area contributed by atoms with Crippen molar-refractivity contribution >= 4 is 27.5 Å². The Morgan fingerprint density at radius 1 is 1.04 bits per heavy atom. The molecule has 1 amide bonds. The van der Waals surface area contributed by atoms with Crippen LogP contribution in [-0.4, -0.2) is 49.7 Å². The average molecular weight is 399 g/mol. The summed E-state index contributed by atoms with van der Waals surface area (Å²) >= 11 is 5.85. The van der Waals surface area contributed by atoms with Gasteiger partial charge in [-0.25, -0.2) is 12.7 Å². The summed E-state index contributed by atoms with van der Waals surface area (Å²) in [4.78, 5) is 14.7. The molecule has 144 valence electrons. The van der Waals surface area contributed by atoms with Gasteiger partial charge >= 0.3 is 0 Å². The molecule has 0 unspecified atom stereocenters. The molecule has 1 aromatic carbocycles. The van der Waals surface area contributed by atoms with Crippen LogP contribution in [0.3, 0.4) is 0 Å². The first-order valence-electron chi connectivity index (χ1n) is 9.36. The van der Waals surface area contributed by atoms with Crippen LogP contribution in [0.1, 0.15) is 38.2 Å². The molecule has 7 heteroatoms. The summed E-state index contributed by atoms with van der Waals surface area (Å²) < 4.78 is 26.8. The van der Waals surface area contributed by atoms with Crippen LogP contribution < -0.4 is 0 Å². The first kappa shape index (κ1) is 19.6. The van der Waals surface area contributed by atoms with Crippen molar-refractivity contribution in [3.05, 3.63) is 34.9 Å². The highest BCUT2D eigenvalue weighted by Gasteiger charge is 2.33. The number of carbonyl (C=O) groups is 1. The molecule has 1 aromatic rings. The second kappa shape index (κ2) is 8.28. The Morgan fingerprint density at radius 3 is 2.19 bits per heavy atom. The van der Waals surface area contributed by atoms with E-state index in [4.69, 9.17) is 11.6 Å². The standard InChI is InChI=1S/C19H27ClN2O3S/c1-15-6-10-21(11-7-15)19(23)17-8-12-22(13-9-17)26(24,25)14-16-2-4-18(20)5-3-16/h2-5,15,17H,6-14H2,1H3. The van der Waals surface area contributed by atoms with E-state index in [0.29, 0.717) is 36.9 Å². The van der Waals surface area contributed by atoms with Gasteiger partial charge in [-0.3, -0.25) is 4.79 Å². The number of sulfonamides is 1. The normalized spacial score (nSPS) is 21.1. The molecule has 2 aliphatic heterocycles. The summed E-state index contributed by atoms with van der Waals surface area (Å²) in [6, 6.07) is 6.90. The minimum absolute atomic E-state index is 0.0210. The number of likely N-dealkylation sites (tertiary alicyclic amines) is 1. The zero-order valence-electron chi connectivity index (χ0n) is 15.2. The molecule has 0 radical (unpaired) electrons. The van der Waals surface area contributed by atoms with Crippen LogP contribution in [0.5, 0.6) is 0 Å². The van der Waals surface area contributed by atoms with Crippen LogP contribution >= 0.6 is 11.6 Å². The molecule has 0 aromatic heterocycles. The summed E-state index contributed by atoms with van der Waals surface area (Å²) in [5, 5.41) is 0.595. The zero-order valence-corrected chi connectivity index (χ0v) is 16.8. The second-order valence-electron chi connectivity index (χ2n) is 7.56. The number of hydrogen-bond donors (Lipinski definition) is 0. The van der Waals surface area contributed by atoms with E-state index in [9.17, 15) is 13.2 Å². The van der Waals surface area contributed by atoms with Gasteiger partial charge in [0.15, 0.2) is 0 Å². The lowest BCUT2D eigenvalue weighted by Gasteiger charge is -2.36. The molecule has 2 fully saturated rings. The van der Waals surface area contributed by atoms with Crippen molar-refractivity contribution in [2.45, 2.75) is 38.4 Å². The molecule has 26 heavy (non-hydrogen) atoms. The predicted octanol–water partition coefficient (Wildman–Crippen LogP) is 3.14. The first-order chi connectivity index (χ1) is 12.3. The Bertz CT molecular complexity index is 720. The van der Waals surface area contributed by atoms with E-state index < -0.39 is 10.0 Å². The topological polar surface area (TPSA) is 57.7 Å². The van der Waals surface area contributed by atoms with Crippen LogP contribution in [0.15, 0.2) is 24.3 Å². The third-order valence-electron chi connectivity index (χ3n) is 5.55. The molecule has 2 aliphatic rings. The highest BCUT2D eigenvalue weighted by atomic mass is 35.5. The molecule has 2 heterocycles. The van der Waals surface area contributed by atoms with Crippen molar-refractivity contribution in [3.63, 3.8) is 0 Å². The van der Waals surface area contributed by atoms with Crippen LogP contribution in [0.4, 0.5) is 0 Å². The maximum absolute atomic E-state index is 12.7. The smallest absolute Gasteiger partial charge is 0.225 e. The van der Waals surface area contributed by atoms with Crippen LogP contribution in [0.2, 0.25) is 5.02 Å². The van der Waals surface area contributed by atoms with Gasteiger partial charge in [0.05, 0.1) is 5.75 Å². The summed E-state index contributed by atoms with van der Waals surface area (Å²) in [6.07, 6.45) is 3.37. The van der Waals surface area contributed by atoms with E-state index in [1.165, 1.54) is 4.31 Å². The minimum atomic E-state index is -3.37. The van der Waals surface area contributed by atoms with Crippen molar-refractivity contribution in [1.82, 2.24) is 9.21 Å². The molecular weight excluding hydrogens is 372 g/mol. The van der Waals surface area contributed by atoms with Crippen molar-refractivity contribution in [1.29, 1.82) is 0 Å². The Morgan fingerprint density at radius 2 is 1.62 bits per heavy atom. The molecule has 0 bridgehead atoms. The van der Waals surface area contributed by atoms with Crippen LogP contribution in [0, 0.1) is 11.8 Å². The maximum Gasteiger partial charge on any atom is 0.225 e. The number of hydrogen-bond acceptors (Lipinski definition) is 3. The van der Waals surface area contributed by atoms with Crippen molar-refractivity contribution in [3.8, 4) is 0 Å². The fourth-order valence-electron chi connectivity index (χ4n) is 3.75. The minimum Gasteiger partial charge on any atom is -0.342 e. The van der Waals surface area contributed by atoms with Crippen molar-refractivity contribution in [2.24, 2.45) is 11.8 Å². The van der Waals surface area contributed by atoms with E-state index in [2.05, 4.69) is 6.92 Å². The Balaban J connectivity index is 1.54. The van der Waals surface area contributed by atoms with Gasteiger partial charge in [-0.1, -0.05) is 30.7 Å². The highest BCUT2D eigenvalue weighted by Crippen LogP contribution is 2.26. The second-order valence-corrected chi connectivity index (χ2v) is 9.97. The van der Waals surface area contributed by atoms with Gasteiger partial charge in [-0.05, 0) is 49.3 Å². The molecule has 0 spiro atoms. The third kappa shape index (κ3) is 4.78. The van der Waals surface area contributed by atoms with Crippen molar-refractivity contribution < 1.29 is 13.2 Å². The number of amides is 1. The Labute approximate surface area is 161 Å². The molecule has 5 nitrogen and oxygen atoms in total. The fourth-order valence-corrected chi connectivity index (χ4v) is 5.44. The summed E-state index contributed by atoms with van der Waals surface area (Å²) in [5.74, 6) is 0.850. The quantitative estimate of drug-likeness (QED) is 0.782. The van der Waals surface area contributed by atoms with E-state index in [1.54, 1.807) is 24.3 Å². The lowest BCUT2D eigenvalue weighted by Crippen LogP contribution is -2.46. The monoisotopic (exact) mass is 398 g/mol. The molecule has 0 atom stereocenters. The molecule has 0 N–H and O–H groups in total. The predicted molar refractivity (Wildman–Crippen MR) is 103 cm³/mol. The SMILES string of the molecule is CC1CCN(C(=O)C2CCN(S(=O)(=O)Cc3ccc(Cl)cc3)CC2)CC1. The average Bonchev–Trinajstić information content (AvgIpc) is 2.64. The first-order valence-corrected chi connectivity index (χ1v) is 11.3.